The van der Waals surface area contributed by atoms with Crippen molar-refractivity contribution in [1.29, 1.82) is 0 Å². The van der Waals surface area contributed by atoms with E-state index in [9.17, 15) is 10.1 Å². The van der Waals surface area contributed by atoms with Crippen LogP contribution in [0.3, 0.4) is 0 Å². The summed E-state index contributed by atoms with van der Waals surface area (Å²) in [5.41, 5.74) is 6.01. The fourth-order valence-corrected chi connectivity index (χ4v) is 4.62. The van der Waals surface area contributed by atoms with E-state index in [0.717, 1.165) is 33.4 Å². The molecular formula is C34H27N5O4. The fourth-order valence-electron chi connectivity index (χ4n) is 4.62. The van der Waals surface area contributed by atoms with Crippen molar-refractivity contribution in [2.45, 2.75) is 6.61 Å². The Balaban J connectivity index is 1.28. The average molecular weight is 570 g/mol. The highest BCUT2D eigenvalue weighted by Gasteiger charge is 2.11. The number of fused-ring (bicyclic) bond motifs is 1. The van der Waals surface area contributed by atoms with Crippen LogP contribution in [0.4, 0.5) is 5.69 Å². The summed E-state index contributed by atoms with van der Waals surface area (Å²) in [4.78, 5) is 18.3. The Bertz CT molecular complexity index is 1940. The number of aromatic amines is 1. The molecule has 0 radical (unpaired) electrons. The van der Waals surface area contributed by atoms with Crippen LogP contribution in [0.1, 0.15) is 28.2 Å². The molecule has 0 atom stereocenters. The molecule has 9 heteroatoms. The molecule has 0 aliphatic heterocycles. The molecule has 3 aromatic heterocycles. The van der Waals surface area contributed by atoms with E-state index >= 15 is 0 Å². The number of ether oxygens (including phenoxy) is 2. The number of nitrogens with one attached hydrogen (secondary N) is 1. The van der Waals surface area contributed by atoms with Crippen LogP contribution in [-0.2, 0) is 6.61 Å². The lowest BCUT2D eigenvalue weighted by Crippen LogP contribution is -1.99. The van der Waals surface area contributed by atoms with Crippen molar-refractivity contribution >= 4 is 40.9 Å². The summed E-state index contributed by atoms with van der Waals surface area (Å²) in [6.45, 7) is 0.356. The van der Waals surface area contributed by atoms with Crippen LogP contribution >= 0.6 is 0 Å². The first kappa shape index (κ1) is 27.2. The first-order chi connectivity index (χ1) is 21.1. The van der Waals surface area contributed by atoms with Crippen LogP contribution in [0, 0.1) is 10.1 Å². The Morgan fingerprint density at radius 1 is 0.930 bits per heavy atom. The summed E-state index contributed by atoms with van der Waals surface area (Å²) < 4.78 is 13.3. The lowest BCUT2D eigenvalue weighted by molar-refractivity contribution is -0.384. The minimum atomic E-state index is -0.416. The van der Waals surface area contributed by atoms with Gasteiger partial charge < -0.3 is 14.5 Å². The Kier molecular flexibility index (Phi) is 7.77. The van der Waals surface area contributed by atoms with E-state index < -0.39 is 4.92 Å². The van der Waals surface area contributed by atoms with Gasteiger partial charge in [0.05, 0.1) is 34.8 Å². The van der Waals surface area contributed by atoms with E-state index in [-0.39, 0.29) is 5.69 Å². The Hall–Kier alpha value is -5.96. The minimum Gasteiger partial charge on any atom is -0.496 e. The molecule has 9 nitrogen and oxygen atoms in total. The maximum atomic E-state index is 11.2. The summed E-state index contributed by atoms with van der Waals surface area (Å²) in [7, 11) is 1.62. The van der Waals surface area contributed by atoms with Crippen molar-refractivity contribution in [3.63, 3.8) is 0 Å². The monoisotopic (exact) mass is 569 g/mol. The maximum Gasteiger partial charge on any atom is 0.269 e. The molecule has 0 saturated heterocycles. The molecule has 1 N–H and O–H groups in total. The van der Waals surface area contributed by atoms with Gasteiger partial charge in [0, 0.05) is 41.7 Å². The minimum absolute atomic E-state index is 0.0203. The van der Waals surface area contributed by atoms with Gasteiger partial charge in [0.15, 0.2) is 0 Å². The Morgan fingerprint density at radius 2 is 1.81 bits per heavy atom. The van der Waals surface area contributed by atoms with Crippen LogP contribution in [0.15, 0.2) is 103 Å². The number of rotatable bonds is 10. The molecule has 43 heavy (non-hydrogen) atoms. The second-order valence-corrected chi connectivity index (χ2v) is 9.68. The summed E-state index contributed by atoms with van der Waals surface area (Å²) in [6.07, 6.45) is 11.5. The Morgan fingerprint density at radius 3 is 2.60 bits per heavy atom. The zero-order chi connectivity index (χ0) is 29.6. The van der Waals surface area contributed by atoms with E-state index in [1.54, 1.807) is 30.1 Å². The second-order valence-electron chi connectivity index (χ2n) is 9.68. The van der Waals surface area contributed by atoms with Crippen LogP contribution in [-0.4, -0.2) is 31.8 Å². The van der Waals surface area contributed by atoms with Crippen LogP contribution in [0.25, 0.3) is 40.9 Å². The molecule has 0 fully saturated rings. The number of aromatic nitrogens is 4. The highest BCUT2D eigenvalue weighted by Crippen LogP contribution is 2.28. The number of H-pyrrole nitrogens is 1. The zero-order valence-electron chi connectivity index (χ0n) is 23.3. The van der Waals surface area contributed by atoms with Crippen molar-refractivity contribution in [3.8, 4) is 17.2 Å². The highest BCUT2D eigenvalue weighted by atomic mass is 16.6. The molecule has 0 aliphatic rings. The van der Waals surface area contributed by atoms with Crippen molar-refractivity contribution in [3.05, 3.63) is 142 Å². The zero-order valence-corrected chi connectivity index (χ0v) is 23.3. The van der Waals surface area contributed by atoms with E-state index in [1.807, 2.05) is 79.0 Å². The van der Waals surface area contributed by atoms with Gasteiger partial charge in [-0.2, -0.15) is 5.10 Å². The summed E-state index contributed by atoms with van der Waals surface area (Å²) in [5.74, 6) is 1.33. The molecule has 0 amide bonds. The van der Waals surface area contributed by atoms with Crippen molar-refractivity contribution in [2.24, 2.45) is 0 Å². The number of nitrogens with zero attached hydrogens (tertiary/aromatic N) is 4. The largest absolute Gasteiger partial charge is 0.496 e. The highest BCUT2D eigenvalue weighted by molar-refractivity contribution is 5.83. The number of pyridine rings is 1. The van der Waals surface area contributed by atoms with Gasteiger partial charge in [-0.1, -0.05) is 24.3 Å². The molecule has 212 valence electrons. The van der Waals surface area contributed by atoms with Gasteiger partial charge in [0.25, 0.3) is 5.69 Å². The second kappa shape index (κ2) is 12.3. The van der Waals surface area contributed by atoms with E-state index in [2.05, 4.69) is 28.2 Å². The maximum absolute atomic E-state index is 11.2. The number of nitro groups is 1. The van der Waals surface area contributed by atoms with Gasteiger partial charge >= 0.3 is 0 Å². The first-order valence-corrected chi connectivity index (χ1v) is 13.5. The van der Waals surface area contributed by atoms with Crippen molar-refractivity contribution < 1.29 is 14.4 Å². The van der Waals surface area contributed by atoms with Gasteiger partial charge in [-0.3, -0.25) is 15.1 Å². The number of nitro benzene ring substituents is 1. The van der Waals surface area contributed by atoms with Gasteiger partial charge in [-0.05, 0) is 83.8 Å². The predicted octanol–water partition coefficient (Wildman–Crippen LogP) is 7.59. The van der Waals surface area contributed by atoms with Crippen molar-refractivity contribution in [2.75, 3.05) is 7.11 Å². The quantitative estimate of drug-likeness (QED) is 0.135. The number of hydrogen-bond donors (Lipinski definition) is 1. The van der Waals surface area contributed by atoms with Crippen LogP contribution < -0.4 is 9.47 Å². The lowest BCUT2D eigenvalue weighted by atomic mass is 10.1. The van der Waals surface area contributed by atoms with E-state index in [4.69, 9.17) is 14.6 Å². The van der Waals surface area contributed by atoms with Gasteiger partial charge in [0.1, 0.15) is 18.1 Å². The molecular weight excluding hydrogens is 542 g/mol. The lowest BCUT2D eigenvalue weighted by Gasteiger charge is -2.09. The number of methoxy groups -OCH3 is 1. The molecule has 6 aromatic rings. The van der Waals surface area contributed by atoms with E-state index in [0.29, 0.717) is 29.5 Å². The number of benzene rings is 3. The van der Waals surface area contributed by atoms with Gasteiger partial charge in [-0.15, -0.1) is 0 Å². The molecule has 0 saturated carbocycles. The summed E-state index contributed by atoms with van der Waals surface area (Å²) >= 11 is 0. The SMILES string of the molecule is COc1cc(OCc2ccccn2)ccc1/C=C/c1cc(/C=C/c2ccc3cc[nH]c3c2)n(-c2ccc([N+](=O)[O-])cc2)n1. The molecule has 0 aliphatic carbocycles. The third-order valence-corrected chi connectivity index (χ3v) is 6.84. The number of non-ortho nitro benzene ring substituents is 1. The predicted molar refractivity (Wildman–Crippen MR) is 168 cm³/mol. The topological polar surface area (TPSA) is 108 Å². The molecule has 3 heterocycles. The standard InChI is InChI=1S/C34H27N5O4/c1-42-34-22-32(43-23-28-4-2-3-18-35-28)16-9-26(34)8-10-27-21-31(11-6-24-5-7-25-17-19-36-33(25)20-24)38(37-27)29-12-14-30(15-13-29)39(40)41/h2-22,36H,23H2,1H3/b10-8+,11-6+. The molecule has 0 bridgehead atoms. The summed E-state index contributed by atoms with van der Waals surface area (Å²) in [5, 5.41) is 17.1. The van der Waals surface area contributed by atoms with Crippen molar-refractivity contribution in [1.82, 2.24) is 19.7 Å². The third-order valence-electron chi connectivity index (χ3n) is 6.84. The summed E-state index contributed by atoms with van der Waals surface area (Å²) in [6, 6.07) is 27.9. The van der Waals surface area contributed by atoms with Crippen LogP contribution in [0.2, 0.25) is 0 Å². The average Bonchev–Trinajstić information content (AvgIpc) is 3.69. The molecule has 3 aromatic carbocycles. The Labute approximate surface area is 247 Å². The smallest absolute Gasteiger partial charge is 0.269 e. The first-order valence-electron chi connectivity index (χ1n) is 13.5. The molecule has 6 rings (SSSR count). The molecule has 0 unspecified atom stereocenters. The van der Waals surface area contributed by atoms with E-state index in [1.165, 1.54) is 12.1 Å². The van der Waals surface area contributed by atoms with Gasteiger partial charge in [0.2, 0.25) is 0 Å². The van der Waals surface area contributed by atoms with Gasteiger partial charge in [-0.25, -0.2) is 4.68 Å². The number of hydrogen-bond acceptors (Lipinski definition) is 6. The molecule has 0 spiro atoms. The fraction of sp³-hybridized carbons (Fsp3) is 0.0588. The third kappa shape index (κ3) is 6.36. The normalized spacial score (nSPS) is 11.5. The van der Waals surface area contributed by atoms with Crippen LogP contribution in [0.5, 0.6) is 11.5 Å².